The molecule has 2 N–H and O–H groups in total. The molecule has 0 saturated heterocycles. The molecule has 2 amide bonds. The number of nitrogens with one attached hydrogen (secondary N) is 2. The monoisotopic (exact) mass is 263 g/mol. The smallest absolute Gasteiger partial charge is 0.322 e. The zero-order valence-electron chi connectivity index (χ0n) is 11.2. The first-order valence-corrected chi connectivity index (χ1v) is 5.96. The minimum atomic E-state index is -0.777. The summed E-state index contributed by atoms with van der Waals surface area (Å²) in [7, 11) is 1.59. The van der Waals surface area contributed by atoms with Gasteiger partial charge in [-0.15, -0.1) is 0 Å². The van der Waals surface area contributed by atoms with Gasteiger partial charge in [0.05, 0.1) is 19.2 Å². The molecule has 19 heavy (non-hydrogen) atoms. The van der Waals surface area contributed by atoms with Gasteiger partial charge in [-0.1, -0.05) is 5.16 Å². The second kappa shape index (κ2) is 5.17. The molecule has 0 aromatic heterocycles. The van der Waals surface area contributed by atoms with Gasteiger partial charge in [0.15, 0.2) is 0 Å². The summed E-state index contributed by atoms with van der Waals surface area (Å²) in [6, 6.07) is 6.74. The number of benzene rings is 1. The van der Waals surface area contributed by atoms with Crippen molar-refractivity contribution in [2.75, 3.05) is 12.4 Å². The second-order valence-corrected chi connectivity index (χ2v) is 4.63. The largest absolute Gasteiger partial charge is 0.497 e. The molecule has 102 valence electrons. The first-order valence-electron chi connectivity index (χ1n) is 5.96. The summed E-state index contributed by atoms with van der Waals surface area (Å²) in [5.41, 5.74) is 0.755. The third kappa shape index (κ3) is 3.37. The summed E-state index contributed by atoms with van der Waals surface area (Å²) in [5, 5.41) is 9.30. The second-order valence-electron chi connectivity index (χ2n) is 4.63. The molecule has 6 nitrogen and oxygen atoms in total. The van der Waals surface area contributed by atoms with Crippen LogP contribution in [-0.2, 0) is 4.84 Å². The lowest BCUT2D eigenvalue weighted by atomic mass is 10.1. The van der Waals surface area contributed by atoms with E-state index in [1.54, 1.807) is 38.3 Å². The topological polar surface area (TPSA) is 72.0 Å². The lowest BCUT2D eigenvalue weighted by Gasteiger charge is -2.22. The van der Waals surface area contributed by atoms with E-state index < -0.39 is 5.72 Å². The van der Waals surface area contributed by atoms with Gasteiger partial charge in [-0.25, -0.2) is 4.79 Å². The average molecular weight is 263 g/mol. The van der Waals surface area contributed by atoms with Gasteiger partial charge < -0.3 is 14.9 Å². The number of amides is 2. The Bertz CT molecular complexity index is 498. The fourth-order valence-electron chi connectivity index (χ4n) is 1.88. The zero-order chi connectivity index (χ0) is 13.9. The highest BCUT2D eigenvalue weighted by molar-refractivity contribution is 5.91. The molecule has 0 bridgehead atoms. The number of carbonyl (C=O) groups excluding carboxylic acids is 1. The van der Waals surface area contributed by atoms with Crippen LogP contribution in [0.3, 0.4) is 0 Å². The summed E-state index contributed by atoms with van der Waals surface area (Å²) in [6.07, 6.45) is 0.572. The van der Waals surface area contributed by atoms with Crippen molar-refractivity contribution in [1.29, 1.82) is 0 Å². The molecule has 0 spiro atoms. The fraction of sp³-hybridized carbons (Fsp3) is 0.385. The Kier molecular flexibility index (Phi) is 3.59. The summed E-state index contributed by atoms with van der Waals surface area (Å²) < 4.78 is 5.05. The van der Waals surface area contributed by atoms with Crippen molar-refractivity contribution in [3.05, 3.63) is 24.3 Å². The highest BCUT2D eigenvalue weighted by Crippen LogP contribution is 2.20. The van der Waals surface area contributed by atoms with Crippen LogP contribution in [0.4, 0.5) is 10.5 Å². The summed E-state index contributed by atoms with van der Waals surface area (Å²) >= 11 is 0. The molecule has 1 atom stereocenters. The molecule has 6 heteroatoms. The van der Waals surface area contributed by atoms with Gasteiger partial charge in [0, 0.05) is 5.69 Å². The Hall–Kier alpha value is -2.24. The van der Waals surface area contributed by atoms with E-state index in [1.807, 2.05) is 6.92 Å². The van der Waals surface area contributed by atoms with Crippen LogP contribution in [0.5, 0.6) is 5.75 Å². The Balaban J connectivity index is 1.90. The van der Waals surface area contributed by atoms with E-state index in [4.69, 9.17) is 9.57 Å². The van der Waals surface area contributed by atoms with Gasteiger partial charge >= 0.3 is 6.03 Å². The maximum atomic E-state index is 11.9. The fourth-order valence-corrected chi connectivity index (χ4v) is 1.88. The number of oxime groups is 1. The molecule has 1 aliphatic heterocycles. The van der Waals surface area contributed by atoms with Gasteiger partial charge in [-0.3, -0.25) is 5.32 Å². The van der Waals surface area contributed by atoms with Crippen LogP contribution in [0.1, 0.15) is 20.3 Å². The minimum absolute atomic E-state index is 0.336. The number of nitrogens with zero attached hydrogens (tertiary/aromatic N) is 1. The van der Waals surface area contributed by atoms with Gasteiger partial charge in [-0.2, -0.15) is 0 Å². The normalized spacial score (nSPS) is 21.3. The van der Waals surface area contributed by atoms with Crippen LogP contribution in [0.2, 0.25) is 0 Å². The number of methoxy groups -OCH3 is 1. The molecule has 0 aliphatic carbocycles. The van der Waals surface area contributed by atoms with E-state index in [9.17, 15) is 4.79 Å². The van der Waals surface area contributed by atoms with Crippen LogP contribution >= 0.6 is 0 Å². The van der Waals surface area contributed by atoms with E-state index in [2.05, 4.69) is 15.8 Å². The van der Waals surface area contributed by atoms with Crippen molar-refractivity contribution in [3.8, 4) is 5.75 Å². The molecule has 0 saturated carbocycles. The van der Waals surface area contributed by atoms with Crippen molar-refractivity contribution < 1.29 is 14.4 Å². The van der Waals surface area contributed by atoms with Crippen molar-refractivity contribution >= 4 is 17.4 Å². The molecule has 0 radical (unpaired) electrons. The average Bonchev–Trinajstić information content (AvgIpc) is 2.69. The predicted octanol–water partition coefficient (Wildman–Crippen LogP) is 2.33. The lowest BCUT2D eigenvalue weighted by Crippen LogP contribution is -2.47. The summed E-state index contributed by atoms with van der Waals surface area (Å²) in [5.74, 6) is 0.737. The first-order chi connectivity index (χ1) is 9.00. The Labute approximate surface area is 111 Å². The molecule has 1 aromatic carbocycles. The molecule has 1 heterocycles. The maximum Gasteiger partial charge on any atom is 0.322 e. The van der Waals surface area contributed by atoms with Crippen molar-refractivity contribution in [2.24, 2.45) is 5.16 Å². The number of urea groups is 1. The third-order valence-electron chi connectivity index (χ3n) is 2.72. The Morgan fingerprint density at radius 2 is 2.11 bits per heavy atom. The quantitative estimate of drug-likeness (QED) is 0.879. The van der Waals surface area contributed by atoms with E-state index in [0.29, 0.717) is 12.1 Å². The third-order valence-corrected chi connectivity index (χ3v) is 2.72. The SMILES string of the molecule is COc1ccc(NC(=O)NC2(C)CC(C)=NO2)cc1. The molecule has 1 unspecified atom stereocenters. The first kappa shape index (κ1) is 13.2. The van der Waals surface area contributed by atoms with Gasteiger partial charge in [-0.05, 0) is 38.1 Å². The number of anilines is 1. The number of rotatable bonds is 3. The molecule has 1 aliphatic rings. The van der Waals surface area contributed by atoms with E-state index >= 15 is 0 Å². The lowest BCUT2D eigenvalue weighted by molar-refractivity contribution is -0.0195. The summed E-state index contributed by atoms with van der Waals surface area (Å²) in [6.45, 7) is 3.63. The molecule has 1 aromatic rings. The number of hydrogen-bond acceptors (Lipinski definition) is 4. The van der Waals surface area contributed by atoms with Crippen LogP contribution in [0.15, 0.2) is 29.4 Å². The van der Waals surface area contributed by atoms with Crippen molar-refractivity contribution in [2.45, 2.75) is 26.0 Å². The predicted molar refractivity (Wildman–Crippen MR) is 72.4 cm³/mol. The standard InChI is InChI=1S/C13H17N3O3/c1-9-8-13(2,19-16-9)15-12(17)14-10-4-6-11(18-3)7-5-10/h4-7H,8H2,1-3H3,(H2,14,15,17). The highest BCUT2D eigenvalue weighted by Gasteiger charge is 2.34. The highest BCUT2D eigenvalue weighted by atomic mass is 16.7. The number of hydrogen-bond donors (Lipinski definition) is 2. The number of carbonyl (C=O) groups is 1. The Morgan fingerprint density at radius 3 is 2.63 bits per heavy atom. The molecule has 2 rings (SSSR count). The molecular formula is C13H17N3O3. The molecular weight excluding hydrogens is 246 g/mol. The van der Waals surface area contributed by atoms with Gasteiger partial charge in [0.1, 0.15) is 5.75 Å². The van der Waals surface area contributed by atoms with Gasteiger partial charge in [0.25, 0.3) is 0 Å². The zero-order valence-corrected chi connectivity index (χ0v) is 11.2. The van der Waals surface area contributed by atoms with E-state index in [1.165, 1.54) is 0 Å². The van der Waals surface area contributed by atoms with Gasteiger partial charge in [0.2, 0.25) is 5.72 Å². The Morgan fingerprint density at radius 1 is 1.42 bits per heavy atom. The van der Waals surface area contributed by atoms with E-state index in [-0.39, 0.29) is 6.03 Å². The molecule has 0 fully saturated rings. The van der Waals surface area contributed by atoms with Crippen LogP contribution in [-0.4, -0.2) is 24.6 Å². The maximum absolute atomic E-state index is 11.9. The summed E-state index contributed by atoms with van der Waals surface area (Å²) in [4.78, 5) is 17.0. The van der Waals surface area contributed by atoms with Crippen molar-refractivity contribution in [3.63, 3.8) is 0 Å². The van der Waals surface area contributed by atoms with Crippen LogP contribution in [0, 0.1) is 0 Å². The van der Waals surface area contributed by atoms with E-state index in [0.717, 1.165) is 11.5 Å². The van der Waals surface area contributed by atoms with Crippen LogP contribution < -0.4 is 15.4 Å². The number of ether oxygens (including phenoxy) is 1. The van der Waals surface area contributed by atoms with Crippen molar-refractivity contribution in [1.82, 2.24) is 5.32 Å². The minimum Gasteiger partial charge on any atom is -0.497 e. The van der Waals surface area contributed by atoms with Crippen LogP contribution in [0.25, 0.3) is 0 Å².